The number of phenolic OH excluding ortho intramolecular Hbond substituents is 1. The summed E-state index contributed by atoms with van der Waals surface area (Å²) in [7, 11) is 0. The minimum absolute atomic E-state index is 0.0257. The molecule has 98 valence electrons. The van der Waals surface area contributed by atoms with Crippen molar-refractivity contribution in [3.05, 3.63) is 51.5 Å². The SMILES string of the molecule is Nc1c([N+](=O)[O-])ccc(Oc2ccc(O)cc2)c1Cl. The van der Waals surface area contributed by atoms with Gasteiger partial charge in [0.1, 0.15) is 28.0 Å². The molecule has 0 aromatic heterocycles. The van der Waals surface area contributed by atoms with Gasteiger partial charge in [-0.05, 0) is 30.3 Å². The lowest BCUT2D eigenvalue weighted by Gasteiger charge is -2.09. The molecule has 0 heterocycles. The molecule has 2 aromatic carbocycles. The largest absolute Gasteiger partial charge is 0.508 e. The van der Waals surface area contributed by atoms with Crippen LogP contribution in [0.5, 0.6) is 17.2 Å². The second-order valence-electron chi connectivity index (χ2n) is 3.66. The Bertz CT molecular complexity index is 628. The molecule has 2 aromatic rings. The van der Waals surface area contributed by atoms with Gasteiger partial charge in [-0.2, -0.15) is 0 Å². The molecule has 2 rings (SSSR count). The lowest BCUT2D eigenvalue weighted by molar-refractivity contribution is -0.383. The molecule has 0 aliphatic heterocycles. The Balaban J connectivity index is 2.34. The van der Waals surface area contributed by atoms with Gasteiger partial charge >= 0.3 is 0 Å². The first-order chi connectivity index (χ1) is 8.99. The van der Waals surface area contributed by atoms with Crippen molar-refractivity contribution in [3.8, 4) is 17.2 Å². The molecule has 0 bridgehead atoms. The van der Waals surface area contributed by atoms with Gasteiger partial charge in [0.15, 0.2) is 0 Å². The van der Waals surface area contributed by atoms with Crippen LogP contribution in [0.4, 0.5) is 11.4 Å². The zero-order valence-corrected chi connectivity index (χ0v) is 10.3. The molecule has 0 aliphatic rings. The Kier molecular flexibility index (Phi) is 3.43. The maximum absolute atomic E-state index is 10.7. The number of ether oxygens (including phenoxy) is 1. The van der Waals surface area contributed by atoms with Crippen LogP contribution in [-0.2, 0) is 0 Å². The van der Waals surface area contributed by atoms with Crippen LogP contribution in [0.3, 0.4) is 0 Å². The molecule has 0 fully saturated rings. The standard InChI is InChI=1S/C12H9ClN2O4/c13-11-10(6-5-9(12(11)14)15(17)18)19-8-3-1-7(16)2-4-8/h1-6,16H,14H2. The van der Waals surface area contributed by atoms with Gasteiger partial charge in [0.2, 0.25) is 0 Å². The average Bonchev–Trinajstić information content (AvgIpc) is 2.37. The van der Waals surface area contributed by atoms with E-state index in [0.717, 1.165) is 0 Å². The van der Waals surface area contributed by atoms with Gasteiger partial charge in [-0.25, -0.2) is 0 Å². The number of nitrogens with zero attached hydrogens (tertiary/aromatic N) is 1. The van der Waals surface area contributed by atoms with Crippen LogP contribution in [0.1, 0.15) is 0 Å². The van der Waals surface area contributed by atoms with Crippen molar-refractivity contribution < 1.29 is 14.8 Å². The topological polar surface area (TPSA) is 98.6 Å². The number of nitrogen functional groups attached to an aromatic ring is 1. The Labute approximate surface area is 113 Å². The van der Waals surface area contributed by atoms with Gasteiger partial charge in [0.25, 0.3) is 5.69 Å². The molecule has 3 N–H and O–H groups in total. The van der Waals surface area contributed by atoms with Gasteiger partial charge in [-0.3, -0.25) is 10.1 Å². The molecule has 0 aliphatic carbocycles. The summed E-state index contributed by atoms with van der Waals surface area (Å²) in [6.07, 6.45) is 0. The molecule has 0 atom stereocenters. The summed E-state index contributed by atoms with van der Waals surface area (Å²) in [4.78, 5) is 10.1. The highest BCUT2D eigenvalue weighted by Gasteiger charge is 2.18. The second kappa shape index (κ2) is 5.03. The number of nitro benzene ring substituents is 1. The monoisotopic (exact) mass is 280 g/mol. The Morgan fingerprint density at radius 3 is 2.42 bits per heavy atom. The second-order valence-corrected chi connectivity index (χ2v) is 4.04. The normalized spacial score (nSPS) is 10.2. The van der Waals surface area contributed by atoms with Crippen LogP contribution in [0, 0.1) is 10.1 Å². The molecule has 0 spiro atoms. The molecule has 0 saturated heterocycles. The fourth-order valence-corrected chi connectivity index (χ4v) is 1.64. The van der Waals surface area contributed by atoms with Crippen molar-refractivity contribution in [2.24, 2.45) is 0 Å². The zero-order chi connectivity index (χ0) is 14.0. The first kappa shape index (κ1) is 13.0. The van der Waals surface area contributed by atoms with Crippen LogP contribution in [0.2, 0.25) is 5.02 Å². The number of nitro groups is 1. The van der Waals surface area contributed by atoms with Gasteiger partial charge in [0, 0.05) is 6.07 Å². The van der Waals surface area contributed by atoms with Crippen LogP contribution in [0.15, 0.2) is 36.4 Å². The number of benzene rings is 2. The van der Waals surface area contributed by atoms with Gasteiger partial charge in [-0.1, -0.05) is 11.6 Å². The van der Waals surface area contributed by atoms with E-state index in [4.69, 9.17) is 27.2 Å². The lowest BCUT2D eigenvalue weighted by atomic mass is 10.2. The lowest BCUT2D eigenvalue weighted by Crippen LogP contribution is -1.97. The van der Waals surface area contributed by atoms with E-state index in [1.165, 1.54) is 36.4 Å². The number of nitrogens with two attached hydrogens (primary N) is 1. The van der Waals surface area contributed by atoms with E-state index >= 15 is 0 Å². The summed E-state index contributed by atoms with van der Waals surface area (Å²) in [5, 5.41) is 19.8. The highest BCUT2D eigenvalue weighted by molar-refractivity contribution is 6.35. The average molecular weight is 281 g/mol. The smallest absolute Gasteiger partial charge is 0.293 e. The van der Waals surface area contributed by atoms with Gasteiger partial charge < -0.3 is 15.6 Å². The fraction of sp³-hybridized carbons (Fsp3) is 0. The fourth-order valence-electron chi connectivity index (χ4n) is 1.44. The number of hydrogen-bond acceptors (Lipinski definition) is 5. The van der Waals surface area contributed by atoms with E-state index in [1.807, 2.05) is 0 Å². The van der Waals surface area contributed by atoms with Crippen molar-refractivity contribution in [2.75, 3.05) is 5.73 Å². The Hall–Kier alpha value is -2.47. The molecule has 0 saturated carbocycles. The van der Waals surface area contributed by atoms with Crippen molar-refractivity contribution in [1.82, 2.24) is 0 Å². The number of aromatic hydroxyl groups is 1. The third-order valence-corrected chi connectivity index (χ3v) is 2.77. The summed E-state index contributed by atoms with van der Waals surface area (Å²) in [5.74, 6) is 0.727. The number of hydrogen-bond donors (Lipinski definition) is 2. The van der Waals surface area contributed by atoms with E-state index in [1.54, 1.807) is 0 Å². The summed E-state index contributed by atoms with van der Waals surface area (Å²) in [5.41, 5.74) is 5.14. The molecule has 0 amide bonds. The van der Waals surface area contributed by atoms with Gasteiger partial charge in [-0.15, -0.1) is 0 Å². The minimum Gasteiger partial charge on any atom is -0.508 e. The molecule has 6 nitrogen and oxygen atoms in total. The third-order valence-electron chi connectivity index (χ3n) is 2.38. The van der Waals surface area contributed by atoms with Crippen molar-refractivity contribution in [2.45, 2.75) is 0 Å². The molecular weight excluding hydrogens is 272 g/mol. The van der Waals surface area contributed by atoms with Crippen molar-refractivity contribution in [3.63, 3.8) is 0 Å². The number of anilines is 1. The quantitative estimate of drug-likeness (QED) is 0.510. The molecular formula is C12H9ClN2O4. The van der Waals surface area contributed by atoms with Crippen molar-refractivity contribution in [1.29, 1.82) is 0 Å². The van der Waals surface area contributed by atoms with Crippen molar-refractivity contribution >= 4 is 23.0 Å². The van der Waals surface area contributed by atoms with Crippen LogP contribution >= 0.6 is 11.6 Å². The summed E-state index contributed by atoms with van der Waals surface area (Å²) < 4.78 is 5.43. The first-order valence-electron chi connectivity index (χ1n) is 5.18. The Morgan fingerprint density at radius 1 is 1.21 bits per heavy atom. The highest BCUT2D eigenvalue weighted by Crippen LogP contribution is 2.39. The van der Waals surface area contributed by atoms with Crippen LogP contribution in [0.25, 0.3) is 0 Å². The van der Waals surface area contributed by atoms with E-state index in [9.17, 15) is 10.1 Å². The molecule has 0 radical (unpaired) electrons. The predicted molar refractivity (Wildman–Crippen MR) is 70.7 cm³/mol. The molecule has 7 heteroatoms. The Morgan fingerprint density at radius 2 is 1.84 bits per heavy atom. The van der Waals surface area contributed by atoms with E-state index < -0.39 is 4.92 Å². The van der Waals surface area contributed by atoms with E-state index in [2.05, 4.69) is 0 Å². The zero-order valence-electron chi connectivity index (χ0n) is 9.54. The van der Waals surface area contributed by atoms with Crippen LogP contribution in [-0.4, -0.2) is 10.0 Å². The summed E-state index contributed by atoms with van der Waals surface area (Å²) >= 11 is 5.92. The molecule has 19 heavy (non-hydrogen) atoms. The third kappa shape index (κ3) is 2.69. The predicted octanol–water partition coefficient (Wildman–Crippen LogP) is 3.33. The number of rotatable bonds is 3. The van der Waals surface area contributed by atoms with Gasteiger partial charge in [0.05, 0.1) is 4.92 Å². The number of halogens is 1. The number of phenols is 1. The first-order valence-corrected chi connectivity index (χ1v) is 5.56. The maximum atomic E-state index is 10.7. The molecule has 0 unspecified atom stereocenters. The van der Waals surface area contributed by atoms with Crippen LogP contribution < -0.4 is 10.5 Å². The van der Waals surface area contributed by atoms with E-state index in [-0.39, 0.29) is 27.9 Å². The highest BCUT2D eigenvalue weighted by atomic mass is 35.5. The maximum Gasteiger partial charge on any atom is 0.293 e. The van der Waals surface area contributed by atoms with E-state index in [0.29, 0.717) is 5.75 Å². The summed E-state index contributed by atoms with van der Waals surface area (Å²) in [6, 6.07) is 8.53. The minimum atomic E-state index is -0.619. The summed E-state index contributed by atoms with van der Waals surface area (Å²) in [6.45, 7) is 0.